The van der Waals surface area contributed by atoms with E-state index in [1.807, 2.05) is 36.4 Å². The Labute approximate surface area is 176 Å². The molecule has 1 aromatic carbocycles. The Morgan fingerprint density at radius 1 is 1.18 bits per heavy atom. The average molecular weight is 490 g/mol. The summed E-state index contributed by atoms with van der Waals surface area (Å²) in [5.74, 6) is 2.67. The largest absolute Gasteiger partial charge is 0.485 e. The van der Waals surface area contributed by atoms with E-state index < -0.39 is 0 Å². The number of nitrogens with two attached hydrogens (primary N) is 1. The SMILES string of the molecule is COc1ccc(C2COc3cc(CNc4ncc(I)cc4N)ccc3O2)cn1. The highest BCUT2D eigenvalue weighted by molar-refractivity contribution is 14.1. The van der Waals surface area contributed by atoms with Crippen LogP contribution in [-0.4, -0.2) is 23.7 Å². The normalized spacial score (nSPS) is 15.1. The van der Waals surface area contributed by atoms with E-state index in [0.29, 0.717) is 36.3 Å². The summed E-state index contributed by atoms with van der Waals surface area (Å²) in [5, 5.41) is 3.25. The molecule has 7 nitrogen and oxygen atoms in total. The maximum atomic E-state index is 6.08. The molecule has 1 aliphatic heterocycles. The molecule has 2 aromatic heterocycles. The van der Waals surface area contributed by atoms with Crippen molar-refractivity contribution in [1.29, 1.82) is 0 Å². The molecule has 1 atom stereocenters. The van der Waals surface area contributed by atoms with Gasteiger partial charge in [-0.1, -0.05) is 6.07 Å². The van der Waals surface area contributed by atoms with Gasteiger partial charge < -0.3 is 25.3 Å². The number of aromatic nitrogens is 2. The van der Waals surface area contributed by atoms with Crippen LogP contribution in [0.3, 0.4) is 0 Å². The van der Waals surface area contributed by atoms with E-state index in [1.54, 1.807) is 19.5 Å². The summed E-state index contributed by atoms with van der Waals surface area (Å²) in [5.41, 5.74) is 8.61. The van der Waals surface area contributed by atoms with Crippen molar-refractivity contribution in [3.63, 3.8) is 0 Å². The van der Waals surface area contributed by atoms with E-state index >= 15 is 0 Å². The second kappa shape index (κ2) is 8.09. The fourth-order valence-electron chi connectivity index (χ4n) is 2.88. The molecule has 3 heterocycles. The van der Waals surface area contributed by atoms with E-state index in [0.717, 1.165) is 20.4 Å². The maximum Gasteiger partial charge on any atom is 0.212 e. The number of nitrogens with one attached hydrogen (secondary N) is 1. The molecule has 28 heavy (non-hydrogen) atoms. The van der Waals surface area contributed by atoms with Gasteiger partial charge in [0.25, 0.3) is 0 Å². The lowest BCUT2D eigenvalue weighted by atomic mass is 10.1. The first-order valence-electron chi connectivity index (χ1n) is 8.69. The number of hydrogen-bond acceptors (Lipinski definition) is 7. The molecule has 3 aromatic rings. The summed E-state index contributed by atoms with van der Waals surface area (Å²) in [7, 11) is 1.59. The molecular weight excluding hydrogens is 471 g/mol. The van der Waals surface area contributed by atoms with Crippen molar-refractivity contribution >= 4 is 34.1 Å². The number of nitrogens with zero attached hydrogens (tertiary/aromatic N) is 2. The number of nitrogen functional groups attached to an aromatic ring is 1. The molecule has 0 saturated carbocycles. The first kappa shape index (κ1) is 18.6. The molecule has 0 saturated heterocycles. The minimum absolute atomic E-state index is 0.203. The van der Waals surface area contributed by atoms with Gasteiger partial charge in [0.15, 0.2) is 17.6 Å². The molecule has 0 radical (unpaired) electrons. The fourth-order valence-corrected chi connectivity index (χ4v) is 3.36. The summed E-state index contributed by atoms with van der Waals surface area (Å²) >= 11 is 2.18. The summed E-state index contributed by atoms with van der Waals surface area (Å²) in [6.07, 6.45) is 3.32. The van der Waals surface area contributed by atoms with Gasteiger partial charge in [-0.2, -0.15) is 0 Å². The molecule has 0 amide bonds. The van der Waals surface area contributed by atoms with Crippen LogP contribution < -0.4 is 25.3 Å². The van der Waals surface area contributed by atoms with Gasteiger partial charge in [0, 0.05) is 34.1 Å². The highest BCUT2D eigenvalue weighted by Gasteiger charge is 2.23. The van der Waals surface area contributed by atoms with Crippen LogP contribution in [0, 0.1) is 3.57 Å². The lowest BCUT2D eigenvalue weighted by molar-refractivity contribution is 0.0908. The highest BCUT2D eigenvalue weighted by atomic mass is 127. The Bertz CT molecular complexity index is 982. The fraction of sp³-hybridized carbons (Fsp3) is 0.200. The quantitative estimate of drug-likeness (QED) is 0.526. The second-order valence-electron chi connectivity index (χ2n) is 6.28. The Morgan fingerprint density at radius 2 is 2.07 bits per heavy atom. The molecule has 0 fully saturated rings. The first-order valence-corrected chi connectivity index (χ1v) is 9.77. The smallest absolute Gasteiger partial charge is 0.212 e. The molecule has 0 aliphatic carbocycles. The Balaban J connectivity index is 1.43. The molecule has 8 heteroatoms. The number of benzene rings is 1. The number of anilines is 2. The summed E-state index contributed by atoms with van der Waals surface area (Å²) < 4.78 is 18.1. The third-order valence-corrected chi connectivity index (χ3v) is 4.94. The molecular formula is C20H19IN4O3. The van der Waals surface area contributed by atoms with Crippen molar-refractivity contribution < 1.29 is 14.2 Å². The minimum atomic E-state index is -0.203. The predicted octanol–water partition coefficient (Wildman–Crippen LogP) is 3.80. The third kappa shape index (κ3) is 4.06. The van der Waals surface area contributed by atoms with Crippen LogP contribution in [0.25, 0.3) is 0 Å². The second-order valence-corrected chi connectivity index (χ2v) is 7.52. The number of hydrogen-bond donors (Lipinski definition) is 2. The number of rotatable bonds is 5. The minimum Gasteiger partial charge on any atom is -0.485 e. The molecule has 1 unspecified atom stereocenters. The standard InChI is InChI=1S/C20H19IN4O3/c1-26-19-5-3-13(9-23-19)18-11-27-17-6-12(2-4-16(17)28-18)8-24-20-15(22)7-14(21)10-25-20/h2-7,9-10,18H,8,11,22H2,1H3,(H,24,25). The average Bonchev–Trinajstić information content (AvgIpc) is 2.73. The van der Waals surface area contributed by atoms with Gasteiger partial charge in [0.2, 0.25) is 5.88 Å². The van der Waals surface area contributed by atoms with Gasteiger partial charge in [0.05, 0.1) is 12.8 Å². The van der Waals surface area contributed by atoms with Crippen LogP contribution in [0.1, 0.15) is 17.2 Å². The van der Waals surface area contributed by atoms with E-state index in [-0.39, 0.29) is 6.10 Å². The molecule has 4 rings (SSSR count). The van der Waals surface area contributed by atoms with Crippen LogP contribution in [0.15, 0.2) is 48.8 Å². The number of methoxy groups -OCH3 is 1. The monoisotopic (exact) mass is 490 g/mol. The van der Waals surface area contributed by atoms with Crippen molar-refractivity contribution in [3.8, 4) is 17.4 Å². The number of halogens is 1. The zero-order valence-corrected chi connectivity index (χ0v) is 17.3. The molecule has 1 aliphatic rings. The van der Waals surface area contributed by atoms with Gasteiger partial charge in [-0.05, 0) is 52.4 Å². The first-order chi connectivity index (χ1) is 13.6. The Hall–Kier alpha value is -2.75. The van der Waals surface area contributed by atoms with Gasteiger partial charge in [-0.3, -0.25) is 0 Å². The van der Waals surface area contributed by atoms with Gasteiger partial charge in [-0.25, -0.2) is 9.97 Å². The van der Waals surface area contributed by atoms with Crippen molar-refractivity contribution in [2.75, 3.05) is 24.8 Å². The zero-order valence-electron chi connectivity index (χ0n) is 15.2. The van der Waals surface area contributed by atoms with Crippen molar-refractivity contribution in [1.82, 2.24) is 9.97 Å². The molecule has 3 N–H and O–H groups in total. The van der Waals surface area contributed by atoms with Gasteiger partial charge in [0.1, 0.15) is 12.4 Å². The summed E-state index contributed by atoms with van der Waals surface area (Å²) in [6, 6.07) is 11.5. The van der Waals surface area contributed by atoms with E-state index in [9.17, 15) is 0 Å². The van der Waals surface area contributed by atoms with Crippen LogP contribution >= 0.6 is 22.6 Å². The van der Waals surface area contributed by atoms with E-state index in [1.165, 1.54) is 0 Å². The molecule has 144 valence electrons. The van der Waals surface area contributed by atoms with Crippen molar-refractivity contribution in [2.24, 2.45) is 0 Å². The van der Waals surface area contributed by atoms with E-state index in [4.69, 9.17) is 19.9 Å². The Morgan fingerprint density at radius 3 is 2.82 bits per heavy atom. The van der Waals surface area contributed by atoms with Crippen LogP contribution in [0.2, 0.25) is 0 Å². The summed E-state index contributed by atoms with van der Waals surface area (Å²) in [6.45, 7) is 1.00. The number of fused-ring (bicyclic) bond motifs is 1. The van der Waals surface area contributed by atoms with Crippen LogP contribution in [0.4, 0.5) is 11.5 Å². The summed E-state index contributed by atoms with van der Waals surface area (Å²) in [4.78, 5) is 8.55. The third-order valence-electron chi connectivity index (χ3n) is 4.35. The topological polar surface area (TPSA) is 91.5 Å². The van der Waals surface area contributed by atoms with Crippen molar-refractivity contribution in [2.45, 2.75) is 12.6 Å². The van der Waals surface area contributed by atoms with Gasteiger partial charge >= 0.3 is 0 Å². The number of ether oxygens (including phenoxy) is 3. The number of pyridine rings is 2. The van der Waals surface area contributed by atoms with Crippen molar-refractivity contribution in [3.05, 3.63) is 63.5 Å². The Kier molecular flexibility index (Phi) is 5.38. The van der Waals surface area contributed by atoms with Crippen LogP contribution in [0.5, 0.6) is 17.4 Å². The van der Waals surface area contributed by atoms with Gasteiger partial charge in [-0.15, -0.1) is 0 Å². The maximum absolute atomic E-state index is 6.08. The molecule has 0 bridgehead atoms. The predicted molar refractivity (Wildman–Crippen MR) is 115 cm³/mol. The van der Waals surface area contributed by atoms with E-state index in [2.05, 4.69) is 37.9 Å². The zero-order chi connectivity index (χ0) is 19.5. The molecule has 0 spiro atoms. The van der Waals surface area contributed by atoms with Crippen LogP contribution in [-0.2, 0) is 6.54 Å². The lowest BCUT2D eigenvalue weighted by Crippen LogP contribution is -2.22. The lowest BCUT2D eigenvalue weighted by Gasteiger charge is -2.27. The highest BCUT2D eigenvalue weighted by Crippen LogP contribution is 2.37.